The van der Waals surface area contributed by atoms with Crippen molar-refractivity contribution in [3.63, 3.8) is 0 Å². The molecule has 1 fully saturated rings. The van der Waals surface area contributed by atoms with Gasteiger partial charge in [-0.1, -0.05) is 26.7 Å². The molecule has 4 atom stereocenters. The first-order valence-electron chi connectivity index (χ1n) is 7.40. The van der Waals surface area contributed by atoms with Gasteiger partial charge in [0.25, 0.3) is 0 Å². The van der Waals surface area contributed by atoms with Gasteiger partial charge in [-0.15, -0.1) is 0 Å². The summed E-state index contributed by atoms with van der Waals surface area (Å²) in [6.45, 7) is 6.04. The lowest BCUT2D eigenvalue weighted by Gasteiger charge is -2.23. The first-order chi connectivity index (χ1) is 9.19. The monoisotopic (exact) mass is 276 g/mol. The predicted octanol–water partition coefficient (Wildman–Crippen LogP) is 1.46. The molecule has 1 aliphatic rings. The maximum atomic E-state index is 9.53. The molecular weight excluding hydrogens is 248 g/mol. The molecule has 19 heavy (non-hydrogen) atoms. The van der Waals surface area contributed by atoms with Gasteiger partial charge >= 0.3 is 0 Å². The van der Waals surface area contributed by atoms with E-state index in [0.717, 1.165) is 25.7 Å². The number of aliphatic hydroxyl groups is 2. The first-order valence-corrected chi connectivity index (χ1v) is 7.40. The van der Waals surface area contributed by atoms with Gasteiger partial charge in [0, 0.05) is 19.6 Å². The number of hydrogen-bond donors (Lipinski definition) is 2. The number of unbranched alkanes of at least 4 members (excludes halogenated alkanes) is 2. The van der Waals surface area contributed by atoms with Crippen molar-refractivity contribution in [1.29, 1.82) is 0 Å². The highest BCUT2D eigenvalue weighted by atomic mass is 16.6. The van der Waals surface area contributed by atoms with Crippen LogP contribution in [0.3, 0.4) is 0 Å². The fourth-order valence-electron chi connectivity index (χ4n) is 2.01. The third kappa shape index (κ3) is 6.19. The lowest BCUT2D eigenvalue weighted by molar-refractivity contribution is -0.162. The lowest BCUT2D eigenvalue weighted by Crippen LogP contribution is -2.34. The largest absolute Gasteiger partial charge is 0.388 e. The summed E-state index contributed by atoms with van der Waals surface area (Å²) in [6.07, 6.45) is 2.16. The highest BCUT2D eigenvalue weighted by molar-refractivity contribution is 4.82. The van der Waals surface area contributed by atoms with E-state index in [0.29, 0.717) is 26.2 Å². The Morgan fingerprint density at radius 3 is 2.42 bits per heavy atom. The summed E-state index contributed by atoms with van der Waals surface area (Å²) < 4.78 is 16.7. The smallest absolute Gasteiger partial charge is 0.181 e. The van der Waals surface area contributed by atoms with Gasteiger partial charge in [-0.25, -0.2) is 0 Å². The van der Waals surface area contributed by atoms with E-state index in [1.807, 2.05) is 0 Å². The van der Waals surface area contributed by atoms with Crippen molar-refractivity contribution in [2.75, 3.05) is 19.8 Å². The van der Waals surface area contributed by atoms with Gasteiger partial charge < -0.3 is 24.4 Å². The number of aliphatic hydroxyl groups excluding tert-OH is 2. The second-order valence-corrected chi connectivity index (χ2v) is 5.06. The van der Waals surface area contributed by atoms with Gasteiger partial charge in [-0.05, 0) is 12.8 Å². The third-order valence-electron chi connectivity index (χ3n) is 3.29. The number of hydrogen-bond acceptors (Lipinski definition) is 5. The molecule has 114 valence electrons. The Balaban J connectivity index is 2.35. The van der Waals surface area contributed by atoms with E-state index in [9.17, 15) is 10.2 Å². The minimum absolute atomic E-state index is 0.213. The molecule has 1 rings (SSSR count). The molecule has 1 aliphatic heterocycles. The average Bonchev–Trinajstić information content (AvgIpc) is 2.72. The van der Waals surface area contributed by atoms with Crippen molar-refractivity contribution in [3.8, 4) is 0 Å². The molecule has 0 radical (unpaired) electrons. The van der Waals surface area contributed by atoms with E-state index in [-0.39, 0.29) is 12.2 Å². The van der Waals surface area contributed by atoms with Gasteiger partial charge in [-0.2, -0.15) is 0 Å². The second kappa shape index (κ2) is 9.66. The average molecular weight is 276 g/mol. The summed E-state index contributed by atoms with van der Waals surface area (Å²) in [5, 5.41) is 19.0. The van der Waals surface area contributed by atoms with Gasteiger partial charge in [0.1, 0.15) is 12.2 Å². The summed E-state index contributed by atoms with van der Waals surface area (Å²) >= 11 is 0. The zero-order chi connectivity index (χ0) is 14.1. The van der Waals surface area contributed by atoms with Gasteiger partial charge in [0.05, 0.1) is 12.7 Å². The van der Waals surface area contributed by atoms with Crippen molar-refractivity contribution >= 4 is 0 Å². The van der Waals surface area contributed by atoms with Gasteiger partial charge in [0.2, 0.25) is 0 Å². The summed E-state index contributed by atoms with van der Waals surface area (Å²) in [6, 6.07) is 0. The summed E-state index contributed by atoms with van der Waals surface area (Å²) in [5.74, 6) is 0. The Hall–Kier alpha value is -0.200. The molecule has 0 bridgehead atoms. The van der Waals surface area contributed by atoms with Crippen LogP contribution >= 0.6 is 0 Å². The topological polar surface area (TPSA) is 68.2 Å². The predicted molar refractivity (Wildman–Crippen MR) is 71.9 cm³/mol. The fraction of sp³-hybridized carbons (Fsp3) is 1.00. The van der Waals surface area contributed by atoms with Crippen LogP contribution in [-0.2, 0) is 14.2 Å². The first kappa shape index (κ1) is 16.9. The molecule has 4 unspecified atom stereocenters. The lowest BCUT2D eigenvalue weighted by atomic mass is 10.1. The number of rotatable bonds is 10. The molecule has 2 N–H and O–H groups in total. The quantitative estimate of drug-likeness (QED) is 0.591. The standard InChI is InChI=1S/C14H28O5/c1-3-5-7-17-10-13(18-8-6-4-2)12-9-11(15)14(16)19-12/h11-16H,3-10H2,1-2H3. The minimum atomic E-state index is -1.10. The van der Waals surface area contributed by atoms with Crippen LogP contribution in [0.15, 0.2) is 0 Å². The van der Waals surface area contributed by atoms with Crippen molar-refractivity contribution in [1.82, 2.24) is 0 Å². The van der Waals surface area contributed by atoms with Crippen molar-refractivity contribution in [2.45, 2.75) is 70.6 Å². The minimum Gasteiger partial charge on any atom is -0.388 e. The summed E-state index contributed by atoms with van der Waals surface area (Å²) in [7, 11) is 0. The SMILES string of the molecule is CCCCOCC(OCCCC)C1CC(O)C(O)O1. The molecule has 0 amide bonds. The van der Waals surface area contributed by atoms with E-state index < -0.39 is 12.4 Å². The van der Waals surface area contributed by atoms with Crippen LogP contribution < -0.4 is 0 Å². The third-order valence-corrected chi connectivity index (χ3v) is 3.29. The van der Waals surface area contributed by atoms with Gasteiger partial charge in [0.15, 0.2) is 6.29 Å². The highest BCUT2D eigenvalue weighted by Crippen LogP contribution is 2.23. The Kier molecular flexibility index (Phi) is 8.57. The molecule has 1 saturated heterocycles. The van der Waals surface area contributed by atoms with E-state index in [1.165, 1.54) is 0 Å². The normalized spacial score (nSPS) is 28.7. The Bertz CT molecular complexity index is 214. The molecule has 1 heterocycles. The van der Waals surface area contributed by atoms with Crippen molar-refractivity contribution < 1.29 is 24.4 Å². The molecule has 5 nitrogen and oxygen atoms in total. The Morgan fingerprint density at radius 2 is 1.84 bits per heavy atom. The van der Waals surface area contributed by atoms with Crippen LogP contribution in [-0.4, -0.2) is 54.6 Å². The van der Waals surface area contributed by atoms with Crippen LogP contribution in [0, 0.1) is 0 Å². The molecule has 5 heteroatoms. The fourth-order valence-corrected chi connectivity index (χ4v) is 2.01. The molecule has 0 spiro atoms. The maximum Gasteiger partial charge on any atom is 0.181 e. The summed E-state index contributed by atoms with van der Waals surface area (Å²) in [4.78, 5) is 0. The Morgan fingerprint density at radius 1 is 1.16 bits per heavy atom. The zero-order valence-corrected chi connectivity index (χ0v) is 12.1. The van der Waals surface area contributed by atoms with Crippen LogP contribution in [0.2, 0.25) is 0 Å². The molecule has 0 aromatic carbocycles. The summed E-state index contributed by atoms with van der Waals surface area (Å²) in [5.41, 5.74) is 0. The molecular formula is C14H28O5. The zero-order valence-electron chi connectivity index (χ0n) is 12.1. The van der Waals surface area contributed by atoms with Crippen LogP contribution in [0.1, 0.15) is 46.0 Å². The van der Waals surface area contributed by atoms with E-state index in [4.69, 9.17) is 14.2 Å². The highest BCUT2D eigenvalue weighted by Gasteiger charge is 2.37. The van der Waals surface area contributed by atoms with Crippen LogP contribution in [0.25, 0.3) is 0 Å². The van der Waals surface area contributed by atoms with Gasteiger partial charge in [-0.3, -0.25) is 0 Å². The molecule has 0 aromatic rings. The Labute approximate surface area is 115 Å². The second-order valence-electron chi connectivity index (χ2n) is 5.06. The van der Waals surface area contributed by atoms with E-state index in [1.54, 1.807) is 0 Å². The van der Waals surface area contributed by atoms with Crippen LogP contribution in [0.5, 0.6) is 0 Å². The van der Waals surface area contributed by atoms with E-state index in [2.05, 4.69) is 13.8 Å². The molecule has 0 aliphatic carbocycles. The molecule has 0 saturated carbocycles. The maximum absolute atomic E-state index is 9.53. The van der Waals surface area contributed by atoms with Crippen molar-refractivity contribution in [2.24, 2.45) is 0 Å². The van der Waals surface area contributed by atoms with Crippen molar-refractivity contribution in [3.05, 3.63) is 0 Å². The van der Waals surface area contributed by atoms with Crippen LogP contribution in [0.4, 0.5) is 0 Å². The van der Waals surface area contributed by atoms with E-state index >= 15 is 0 Å². The molecule has 0 aromatic heterocycles. The number of ether oxygens (including phenoxy) is 3.